The fourth-order valence-electron chi connectivity index (χ4n) is 3.08. The van der Waals surface area contributed by atoms with Gasteiger partial charge in [-0.3, -0.25) is 19.5 Å². The smallest absolute Gasteiger partial charge is 0.239 e. The second-order valence-corrected chi connectivity index (χ2v) is 6.10. The van der Waals surface area contributed by atoms with E-state index in [1.54, 1.807) is 4.68 Å². The second-order valence-electron chi connectivity index (χ2n) is 6.10. The zero-order chi connectivity index (χ0) is 16.4. The van der Waals surface area contributed by atoms with Gasteiger partial charge in [-0.1, -0.05) is 6.42 Å². The van der Waals surface area contributed by atoms with Gasteiger partial charge in [0.2, 0.25) is 5.91 Å². The number of anilines is 1. The van der Waals surface area contributed by atoms with Crippen molar-refractivity contribution in [1.82, 2.24) is 29.9 Å². The predicted molar refractivity (Wildman–Crippen MR) is 85.9 cm³/mol. The fourth-order valence-corrected chi connectivity index (χ4v) is 3.08. The molecule has 1 aliphatic rings. The Kier molecular flexibility index (Phi) is 4.42. The average Bonchev–Trinajstić information content (AvgIpc) is 3.05. The summed E-state index contributed by atoms with van der Waals surface area (Å²) in [5.74, 6) is 2.27. The summed E-state index contributed by atoms with van der Waals surface area (Å²) in [6, 6.07) is 1.97. The van der Waals surface area contributed by atoms with Crippen LogP contribution >= 0.6 is 0 Å². The monoisotopic (exact) mass is 317 g/mol. The van der Waals surface area contributed by atoms with E-state index >= 15 is 0 Å². The maximum Gasteiger partial charge on any atom is 0.239 e. The van der Waals surface area contributed by atoms with Gasteiger partial charge in [-0.15, -0.1) is 0 Å². The molecule has 1 amide bonds. The van der Waals surface area contributed by atoms with Crippen molar-refractivity contribution >= 4 is 11.7 Å². The number of nitrogens with one attached hydrogen (secondary N) is 2. The minimum absolute atomic E-state index is 0.0350. The predicted octanol–water partition coefficient (Wildman–Crippen LogP) is 1.32. The number of aromatic amines is 1. The average molecular weight is 317 g/mol. The summed E-state index contributed by atoms with van der Waals surface area (Å²) in [6.45, 7) is 5.02. The first-order valence-corrected chi connectivity index (χ1v) is 7.96. The summed E-state index contributed by atoms with van der Waals surface area (Å²) in [5, 5.41) is 14.3. The highest BCUT2D eigenvalue weighted by molar-refractivity contribution is 5.91. The van der Waals surface area contributed by atoms with Crippen LogP contribution < -0.4 is 5.32 Å². The van der Waals surface area contributed by atoms with Gasteiger partial charge in [-0.25, -0.2) is 4.98 Å². The number of H-pyrrole nitrogens is 1. The molecule has 0 radical (unpaired) electrons. The maximum atomic E-state index is 12.4. The molecule has 0 aromatic carbocycles. The molecule has 23 heavy (non-hydrogen) atoms. The zero-order valence-electron chi connectivity index (χ0n) is 13.8. The lowest BCUT2D eigenvalue weighted by Gasteiger charge is -2.33. The van der Waals surface area contributed by atoms with Crippen molar-refractivity contribution in [2.24, 2.45) is 7.05 Å². The highest BCUT2D eigenvalue weighted by atomic mass is 16.2. The van der Waals surface area contributed by atoms with Gasteiger partial charge in [-0.2, -0.15) is 10.2 Å². The normalized spacial score (nSPS) is 19.0. The number of carbonyl (C=O) groups is 1. The van der Waals surface area contributed by atoms with Gasteiger partial charge in [0.15, 0.2) is 5.82 Å². The SMILES string of the molecule is Cc1cc(NC(=O)CN2CCCC[C@@H]2c2n[nH]c(C)n2)n(C)n1. The van der Waals surface area contributed by atoms with Crippen LogP contribution in [0.4, 0.5) is 5.82 Å². The highest BCUT2D eigenvalue weighted by Crippen LogP contribution is 2.28. The van der Waals surface area contributed by atoms with Crippen molar-refractivity contribution in [2.75, 3.05) is 18.4 Å². The molecule has 1 atom stereocenters. The lowest BCUT2D eigenvalue weighted by Crippen LogP contribution is -2.39. The largest absolute Gasteiger partial charge is 0.310 e. The minimum Gasteiger partial charge on any atom is -0.310 e. The molecule has 0 bridgehead atoms. The summed E-state index contributed by atoms with van der Waals surface area (Å²) in [6.07, 6.45) is 3.21. The van der Waals surface area contributed by atoms with Crippen LogP contribution in [0.1, 0.15) is 42.6 Å². The Bertz CT molecular complexity index is 690. The first-order chi connectivity index (χ1) is 11.0. The van der Waals surface area contributed by atoms with Crippen LogP contribution in [0.5, 0.6) is 0 Å². The number of amides is 1. The second kappa shape index (κ2) is 6.49. The van der Waals surface area contributed by atoms with E-state index < -0.39 is 0 Å². The van der Waals surface area contributed by atoms with E-state index in [0.717, 1.165) is 49.0 Å². The number of nitrogens with zero attached hydrogens (tertiary/aromatic N) is 5. The summed E-state index contributed by atoms with van der Waals surface area (Å²) in [5.41, 5.74) is 0.884. The lowest BCUT2D eigenvalue weighted by atomic mass is 10.0. The van der Waals surface area contributed by atoms with E-state index in [-0.39, 0.29) is 11.9 Å². The molecule has 2 aromatic rings. The number of carbonyl (C=O) groups excluding carboxylic acids is 1. The minimum atomic E-state index is -0.0350. The number of piperidine rings is 1. The molecular formula is C15H23N7O. The van der Waals surface area contributed by atoms with Crippen molar-refractivity contribution in [3.05, 3.63) is 23.4 Å². The number of hydrogen-bond acceptors (Lipinski definition) is 5. The van der Waals surface area contributed by atoms with Gasteiger partial charge < -0.3 is 5.32 Å². The van der Waals surface area contributed by atoms with Crippen LogP contribution in [0.3, 0.4) is 0 Å². The first-order valence-electron chi connectivity index (χ1n) is 7.96. The highest BCUT2D eigenvalue weighted by Gasteiger charge is 2.28. The number of aryl methyl sites for hydroxylation is 3. The van der Waals surface area contributed by atoms with Crippen LogP contribution in [0.2, 0.25) is 0 Å². The number of likely N-dealkylation sites (tertiary alicyclic amines) is 1. The summed E-state index contributed by atoms with van der Waals surface area (Å²) in [4.78, 5) is 19.0. The molecular weight excluding hydrogens is 294 g/mol. The van der Waals surface area contributed by atoms with Gasteiger partial charge in [0.05, 0.1) is 18.3 Å². The van der Waals surface area contributed by atoms with E-state index in [9.17, 15) is 4.79 Å². The molecule has 2 aromatic heterocycles. The molecule has 1 fully saturated rings. The molecule has 3 rings (SSSR count). The molecule has 0 aliphatic carbocycles. The van der Waals surface area contributed by atoms with E-state index in [0.29, 0.717) is 6.54 Å². The third-order valence-electron chi connectivity index (χ3n) is 4.14. The molecule has 124 valence electrons. The summed E-state index contributed by atoms with van der Waals surface area (Å²) in [7, 11) is 1.82. The van der Waals surface area contributed by atoms with Gasteiger partial charge in [0.25, 0.3) is 0 Å². The van der Waals surface area contributed by atoms with Gasteiger partial charge >= 0.3 is 0 Å². The zero-order valence-corrected chi connectivity index (χ0v) is 13.8. The van der Waals surface area contributed by atoms with Crippen molar-refractivity contribution in [1.29, 1.82) is 0 Å². The maximum absolute atomic E-state index is 12.4. The number of hydrogen-bond donors (Lipinski definition) is 2. The van der Waals surface area contributed by atoms with Crippen LogP contribution in [0.15, 0.2) is 6.07 Å². The molecule has 0 spiro atoms. The van der Waals surface area contributed by atoms with Gasteiger partial charge in [-0.05, 0) is 33.2 Å². The lowest BCUT2D eigenvalue weighted by molar-refractivity contribution is -0.118. The van der Waals surface area contributed by atoms with E-state index in [4.69, 9.17) is 0 Å². The molecule has 1 aliphatic heterocycles. The molecule has 8 heteroatoms. The van der Waals surface area contributed by atoms with Gasteiger partial charge in [0, 0.05) is 13.1 Å². The Morgan fingerprint density at radius 2 is 2.26 bits per heavy atom. The third kappa shape index (κ3) is 3.58. The quantitative estimate of drug-likeness (QED) is 0.887. The first kappa shape index (κ1) is 15.7. The molecule has 0 unspecified atom stereocenters. The van der Waals surface area contributed by atoms with Crippen molar-refractivity contribution in [3.8, 4) is 0 Å². The van der Waals surface area contributed by atoms with Crippen LogP contribution in [0.25, 0.3) is 0 Å². The van der Waals surface area contributed by atoms with Crippen molar-refractivity contribution in [3.63, 3.8) is 0 Å². The number of aromatic nitrogens is 5. The van der Waals surface area contributed by atoms with Gasteiger partial charge in [0.1, 0.15) is 11.6 Å². The van der Waals surface area contributed by atoms with Crippen LogP contribution in [-0.4, -0.2) is 48.9 Å². The number of rotatable bonds is 4. The third-order valence-corrected chi connectivity index (χ3v) is 4.14. The standard InChI is InChI=1S/C15H23N7O/c1-10-8-13(21(3)20-10)17-14(23)9-22-7-5-4-6-12(22)15-16-11(2)18-19-15/h8,12H,4-7,9H2,1-3H3,(H,17,23)(H,16,18,19)/t12-/m1/s1. The Labute approximate surface area is 135 Å². The molecule has 2 N–H and O–H groups in total. The van der Waals surface area contributed by atoms with Crippen molar-refractivity contribution < 1.29 is 4.79 Å². The van der Waals surface area contributed by atoms with Crippen molar-refractivity contribution in [2.45, 2.75) is 39.2 Å². The van der Waals surface area contributed by atoms with Crippen LogP contribution in [0, 0.1) is 13.8 Å². The fraction of sp³-hybridized carbons (Fsp3) is 0.600. The molecule has 1 saturated heterocycles. The summed E-state index contributed by atoms with van der Waals surface area (Å²) >= 11 is 0. The van der Waals surface area contributed by atoms with E-state index in [1.807, 2.05) is 27.0 Å². The summed E-state index contributed by atoms with van der Waals surface area (Å²) < 4.78 is 1.68. The Hall–Kier alpha value is -2.22. The molecule has 8 nitrogen and oxygen atoms in total. The van der Waals surface area contributed by atoms with Crippen LogP contribution in [-0.2, 0) is 11.8 Å². The Balaban J connectivity index is 1.67. The Morgan fingerprint density at radius 1 is 1.43 bits per heavy atom. The Morgan fingerprint density at radius 3 is 2.91 bits per heavy atom. The van der Waals surface area contributed by atoms with E-state index in [2.05, 4.69) is 30.5 Å². The topological polar surface area (TPSA) is 91.7 Å². The molecule has 3 heterocycles. The molecule has 0 saturated carbocycles. The van der Waals surface area contributed by atoms with E-state index in [1.165, 1.54) is 0 Å².